The van der Waals surface area contributed by atoms with Crippen LogP contribution in [0.25, 0.3) is 6.08 Å². The Morgan fingerprint density at radius 1 is 1.04 bits per heavy atom. The molecule has 0 heterocycles. The molecule has 3 heteroatoms. The van der Waals surface area contributed by atoms with Gasteiger partial charge in [0.1, 0.15) is 0 Å². The Labute approximate surface area is 137 Å². The van der Waals surface area contributed by atoms with Crippen LogP contribution in [0, 0.1) is 6.92 Å². The van der Waals surface area contributed by atoms with Gasteiger partial charge >= 0.3 is 0 Å². The molecule has 0 bridgehead atoms. The molecule has 0 saturated heterocycles. The number of benzene rings is 2. The second-order valence-electron chi connectivity index (χ2n) is 6.30. The lowest BCUT2D eigenvalue weighted by Crippen LogP contribution is -2.13. The van der Waals surface area contributed by atoms with Crippen molar-refractivity contribution in [2.45, 2.75) is 19.8 Å². The Balaban J connectivity index is 2.21. The molecule has 0 aromatic heterocycles. The molecule has 1 aliphatic carbocycles. The van der Waals surface area contributed by atoms with Gasteiger partial charge in [0, 0.05) is 31.3 Å². The SMILES string of the molecule is CC1=Cc2ccccc2C1c1ccc(N(C)C)c(C)c1/C=N/O. The van der Waals surface area contributed by atoms with Crippen LogP contribution in [0.5, 0.6) is 0 Å². The topological polar surface area (TPSA) is 35.8 Å². The first-order valence-electron chi connectivity index (χ1n) is 7.80. The maximum atomic E-state index is 9.14. The molecular formula is C20H22N2O. The van der Waals surface area contributed by atoms with Crippen molar-refractivity contribution in [3.05, 3.63) is 69.8 Å². The van der Waals surface area contributed by atoms with E-state index in [0.29, 0.717) is 0 Å². The number of rotatable bonds is 3. The molecule has 0 radical (unpaired) electrons. The third-order valence-electron chi connectivity index (χ3n) is 4.65. The largest absolute Gasteiger partial charge is 0.411 e. The fourth-order valence-corrected chi connectivity index (χ4v) is 3.60. The first-order valence-corrected chi connectivity index (χ1v) is 7.80. The third kappa shape index (κ3) is 2.52. The van der Waals surface area contributed by atoms with E-state index in [-0.39, 0.29) is 5.92 Å². The van der Waals surface area contributed by atoms with Crippen molar-refractivity contribution in [2.24, 2.45) is 5.16 Å². The lowest BCUT2D eigenvalue weighted by Gasteiger charge is -2.23. The zero-order valence-corrected chi connectivity index (χ0v) is 14.0. The number of hydrogen-bond donors (Lipinski definition) is 1. The molecule has 1 unspecified atom stereocenters. The summed E-state index contributed by atoms with van der Waals surface area (Å²) in [5.74, 6) is 0.217. The van der Waals surface area contributed by atoms with E-state index in [1.54, 1.807) is 6.21 Å². The predicted octanol–water partition coefficient (Wildman–Crippen LogP) is 4.42. The standard InChI is InChI=1S/C20H22N2O/c1-13-11-15-7-5-6-8-16(15)20(13)17-9-10-19(22(3)4)14(2)18(17)12-21-23/h5-12,20,23H,1-4H3/b21-12+. The summed E-state index contributed by atoms with van der Waals surface area (Å²) in [4.78, 5) is 2.08. The molecule has 1 aliphatic rings. The second kappa shape index (κ2) is 5.92. The number of hydrogen-bond acceptors (Lipinski definition) is 3. The van der Waals surface area contributed by atoms with Gasteiger partial charge in [-0.15, -0.1) is 0 Å². The highest BCUT2D eigenvalue weighted by molar-refractivity contribution is 5.88. The van der Waals surface area contributed by atoms with Crippen molar-refractivity contribution in [1.82, 2.24) is 0 Å². The molecule has 0 fully saturated rings. The normalized spacial score (nSPS) is 16.5. The molecular weight excluding hydrogens is 284 g/mol. The molecule has 0 amide bonds. The summed E-state index contributed by atoms with van der Waals surface area (Å²) in [6.45, 7) is 4.25. The van der Waals surface area contributed by atoms with Gasteiger partial charge in [-0.2, -0.15) is 0 Å². The summed E-state index contributed by atoms with van der Waals surface area (Å²) in [6.07, 6.45) is 3.81. The van der Waals surface area contributed by atoms with Crippen LogP contribution in [0.3, 0.4) is 0 Å². The maximum Gasteiger partial charge on any atom is 0.0740 e. The van der Waals surface area contributed by atoms with E-state index in [2.05, 4.69) is 66.4 Å². The fraction of sp³-hybridized carbons (Fsp3) is 0.250. The lowest BCUT2D eigenvalue weighted by molar-refractivity contribution is 0.322. The second-order valence-corrected chi connectivity index (χ2v) is 6.30. The highest BCUT2D eigenvalue weighted by Gasteiger charge is 2.26. The number of nitrogens with zero attached hydrogens (tertiary/aromatic N) is 2. The Morgan fingerprint density at radius 3 is 2.48 bits per heavy atom. The van der Waals surface area contributed by atoms with E-state index in [9.17, 15) is 0 Å². The highest BCUT2D eigenvalue weighted by atomic mass is 16.4. The van der Waals surface area contributed by atoms with Crippen molar-refractivity contribution >= 4 is 18.0 Å². The summed E-state index contributed by atoms with van der Waals surface area (Å²) in [5.41, 5.74) is 8.35. The maximum absolute atomic E-state index is 9.14. The van der Waals surface area contributed by atoms with Crippen LogP contribution >= 0.6 is 0 Å². The Hall–Kier alpha value is -2.55. The molecule has 118 valence electrons. The van der Waals surface area contributed by atoms with Crippen LogP contribution in [0.15, 0.2) is 47.1 Å². The molecule has 23 heavy (non-hydrogen) atoms. The molecule has 2 aromatic carbocycles. The number of oxime groups is 1. The molecule has 0 spiro atoms. The number of allylic oxidation sites excluding steroid dienone is 1. The fourth-order valence-electron chi connectivity index (χ4n) is 3.60. The minimum atomic E-state index is 0.217. The third-order valence-corrected chi connectivity index (χ3v) is 4.65. The van der Waals surface area contributed by atoms with Crippen molar-refractivity contribution in [3.8, 4) is 0 Å². The van der Waals surface area contributed by atoms with Crippen LogP contribution in [-0.2, 0) is 0 Å². The summed E-state index contributed by atoms with van der Waals surface area (Å²) in [5, 5.41) is 12.5. The molecule has 1 atom stereocenters. The Bertz CT molecular complexity index is 803. The minimum Gasteiger partial charge on any atom is -0.411 e. The minimum absolute atomic E-state index is 0.217. The van der Waals surface area contributed by atoms with Gasteiger partial charge in [0.2, 0.25) is 0 Å². The van der Waals surface area contributed by atoms with Crippen molar-refractivity contribution in [1.29, 1.82) is 0 Å². The first kappa shape index (κ1) is 15.3. The number of anilines is 1. The molecule has 0 saturated carbocycles. The van der Waals surface area contributed by atoms with Crippen molar-refractivity contribution in [2.75, 3.05) is 19.0 Å². The quantitative estimate of drug-likeness (QED) is 0.518. The van der Waals surface area contributed by atoms with E-state index < -0.39 is 0 Å². The van der Waals surface area contributed by atoms with Gasteiger partial charge in [0.15, 0.2) is 0 Å². The van der Waals surface area contributed by atoms with Gasteiger partial charge < -0.3 is 10.1 Å². The summed E-state index contributed by atoms with van der Waals surface area (Å²) < 4.78 is 0. The molecule has 3 nitrogen and oxygen atoms in total. The van der Waals surface area contributed by atoms with Crippen molar-refractivity contribution < 1.29 is 5.21 Å². The summed E-state index contributed by atoms with van der Waals surface area (Å²) in [7, 11) is 4.05. The Morgan fingerprint density at radius 2 is 1.78 bits per heavy atom. The smallest absolute Gasteiger partial charge is 0.0740 e. The van der Waals surface area contributed by atoms with E-state index in [1.165, 1.54) is 22.3 Å². The van der Waals surface area contributed by atoms with Crippen LogP contribution in [0.4, 0.5) is 5.69 Å². The summed E-state index contributed by atoms with van der Waals surface area (Å²) >= 11 is 0. The van der Waals surface area contributed by atoms with Gasteiger partial charge in [-0.05, 0) is 42.2 Å². The van der Waals surface area contributed by atoms with Gasteiger partial charge in [0.05, 0.1) is 6.21 Å². The van der Waals surface area contributed by atoms with Gasteiger partial charge in [-0.25, -0.2) is 0 Å². The van der Waals surface area contributed by atoms with E-state index in [1.807, 2.05) is 14.1 Å². The van der Waals surface area contributed by atoms with Crippen LogP contribution in [-0.4, -0.2) is 25.5 Å². The number of fused-ring (bicyclic) bond motifs is 1. The van der Waals surface area contributed by atoms with E-state index in [0.717, 1.165) is 16.8 Å². The zero-order valence-electron chi connectivity index (χ0n) is 14.0. The molecule has 0 aliphatic heterocycles. The first-order chi connectivity index (χ1) is 11.0. The van der Waals surface area contributed by atoms with Crippen molar-refractivity contribution in [3.63, 3.8) is 0 Å². The molecule has 2 aromatic rings. The van der Waals surface area contributed by atoms with Gasteiger partial charge in [-0.3, -0.25) is 0 Å². The van der Waals surface area contributed by atoms with Crippen LogP contribution in [0.2, 0.25) is 0 Å². The molecule has 1 N–H and O–H groups in total. The summed E-state index contributed by atoms with van der Waals surface area (Å²) in [6, 6.07) is 12.8. The lowest BCUT2D eigenvalue weighted by atomic mass is 9.84. The Kier molecular flexibility index (Phi) is 3.95. The van der Waals surface area contributed by atoms with E-state index >= 15 is 0 Å². The zero-order chi connectivity index (χ0) is 16.6. The van der Waals surface area contributed by atoms with Crippen LogP contribution in [0.1, 0.15) is 40.7 Å². The monoisotopic (exact) mass is 306 g/mol. The van der Waals surface area contributed by atoms with Crippen LogP contribution < -0.4 is 4.90 Å². The highest BCUT2D eigenvalue weighted by Crippen LogP contribution is 2.43. The molecule has 3 rings (SSSR count). The average Bonchev–Trinajstić information content (AvgIpc) is 2.85. The average molecular weight is 306 g/mol. The van der Waals surface area contributed by atoms with Gasteiger partial charge in [0.25, 0.3) is 0 Å². The van der Waals surface area contributed by atoms with Gasteiger partial charge in [-0.1, -0.05) is 47.1 Å². The predicted molar refractivity (Wildman–Crippen MR) is 96.8 cm³/mol. The van der Waals surface area contributed by atoms with E-state index in [4.69, 9.17) is 5.21 Å².